The minimum absolute atomic E-state index is 0.0151. The molecule has 0 radical (unpaired) electrons. The van der Waals surface area contributed by atoms with E-state index in [0.717, 1.165) is 5.56 Å². The zero-order valence-electron chi connectivity index (χ0n) is 13.1. The first-order valence-electron chi connectivity index (χ1n) is 7.51. The average Bonchev–Trinajstić information content (AvgIpc) is 3.00. The molecule has 0 spiro atoms. The molecule has 0 saturated carbocycles. The maximum atomic E-state index is 11.8. The van der Waals surface area contributed by atoms with E-state index in [2.05, 4.69) is 20.6 Å². The van der Waals surface area contributed by atoms with E-state index in [1.54, 1.807) is 0 Å². The molecule has 22 heavy (non-hydrogen) atoms. The van der Waals surface area contributed by atoms with Gasteiger partial charge in [-0.2, -0.15) is 5.21 Å². The van der Waals surface area contributed by atoms with Crippen LogP contribution in [0.25, 0.3) is 0 Å². The lowest BCUT2D eigenvalue weighted by molar-refractivity contribution is -0.143. The Morgan fingerprint density at radius 1 is 1.23 bits per heavy atom. The standard InChI is InChI=1S/C16H22N4O2/c1-10(2)9-13(16(21)22)14(15-17-19-20-18-15)11(3)12-7-5-4-6-8-12/h4-8,10-11,13-14H,9H2,1-3H3,(H,21,22)(H,17,18,19,20)/t11?,13-,14-/m0/s1. The number of aliphatic carboxylic acids is 1. The predicted octanol–water partition coefficient (Wildman–Crippen LogP) is 2.83. The summed E-state index contributed by atoms with van der Waals surface area (Å²) in [4.78, 5) is 11.8. The lowest BCUT2D eigenvalue weighted by Crippen LogP contribution is -2.28. The lowest BCUT2D eigenvalue weighted by Gasteiger charge is -2.28. The van der Waals surface area contributed by atoms with E-state index in [-0.39, 0.29) is 17.8 Å². The fourth-order valence-electron chi connectivity index (χ4n) is 2.94. The number of carboxylic acids is 1. The second kappa shape index (κ2) is 7.15. The number of carbonyl (C=O) groups is 1. The van der Waals surface area contributed by atoms with Gasteiger partial charge in [0.1, 0.15) is 0 Å². The molecule has 0 amide bonds. The molecule has 2 aromatic rings. The van der Waals surface area contributed by atoms with E-state index in [1.165, 1.54) is 0 Å². The van der Waals surface area contributed by atoms with Gasteiger partial charge < -0.3 is 5.11 Å². The summed E-state index contributed by atoms with van der Waals surface area (Å²) >= 11 is 0. The van der Waals surface area contributed by atoms with Crippen LogP contribution in [-0.4, -0.2) is 31.7 Å². The number of hydrogen-bond donors (Lipinski definition) is 2. The second-order valence-corrected chi connectivity index (χ2v) is 6.07. The van der Waals surface area contributed by atoms with Crippen molar-refractivity contribution in [1.82, 2.24) is 20.6 Å². The number of aromatic nitrogens is 4. The van der Waals surface area contributed by atoms with Gasteiger partial charge in [0.2, 0.25) is 0 Å². The highest BCUT2D eigenvalue weighted by atomic mass is 16.4. The van der Waals surface area contributed by atoms with E-state index < -0.39 is 11.9 Å². The van der Waals surface area contributed by atoms with Crippen molar-refractivity contribution in [3.8, 4) is 0 Å². The van der Waals surface area contributed by atoms with Crippen molar-refractivity contribution in [3.63, 3.8) is 0 Å². The van der Waals surface area contributed by atoms with Gasteiger partial charge in [0.25, 0.3) is 0 Å². The van der Waals surface area contributed by atoms with Crippen molar-refractivity contribution in [2.24, 2.45) is 11.8 Å². The Morgan fingerprint density at radius 2 is 1.91 bits per heavy atom. The third kappa shape index (κ3) is 3.69. The van der Waals surface area contributed by atoms with Crippen molar-refractivity contribution in [3.05, 3.63) is 41.7 Å². The summed E-state index contributed by atoms with van der Waals surface area (Å²) in [6, 6.07) is 9.87. The molecule has 6 nitrogen and oxygen atoms in total. The minimum atomic E-state index is -0.814. The van der Waals surface area contributed by atoms with Crippen LogP contribution in [0.4, 0.5) is 0 Å². The van der Waals surface area contributed by atoms with E-state index in [9.17, 15) is 9.90 Å². The van der Waals surface area contributed by atoms with Crippen LogP contribution >= 0.6 is 0 Å². The molecule has 2 rings (SSSR count). The van der Waals surface area contributed by atoms with Crippen LogP contribution < -0.4 is 0 Å². The number of rotatable bonds is 7. The number of hydrogen-bond acceptors (Lipinski definition) is 4. The van der Waals surface area contributed by atoms with Crippen LogP contribution in [0.5, 0.6) is 0 Å². The Labute approximate surface area is 130 Å². The Hall–Kier alpha value is -2.24. The van der Waals surface area contributed by atoms with Crippen LogP contribution in [-0.2, 0) is 4.79 Å². The number of carboxylic acid groups (broad SMARTS) is 1. The van der Waals surface area contributed by atoms with Crippen molar-refractivity contribution in [2.75, 3.05) is 0 Å². The van der Waals surface area contributed by atoms with Crippen LogP contribution in [0.2, 0.25) is 0 Å². The molecule has 6 heteroatoms. The molecule has 1 heterocycles. The third-order valence-corrected chi connectivity index (χ3v) is 4.00. The molecule has 3 atom stereocenters. The first kappa shape index (κ1) is 16.1. The van der Waals surface area contributed by atoms with Gasteiger partial charge in [-0.1, -0.05) is 56.3 Å². The van der Waals surface area contributed by atoms with Gasteiger partial charge in [0.05, 0.1) is 5.92 Å². The van der Waals surface area contributed by atoms with Gasteiger partial charge in [-0.25, -0.2) is 0 Å². The fourth-order valence-corrected chi connectivity index (χ4v) is 2.94. The summed E-state index contributed by atoms with van der Waals surface area (Å²) in [6.45, 7) is 6.07. The summed E-state index contributed by atoms with van der Waals surface area (Å²) in [6.07, 6.45) is 0.575. The van der Waals surface area contributed by atoms with Gasteiger partial charge in [0, 0.05) is 5.92 Å². The van der Waals surface area contributed by atoms with Gasteiger partial charge in [-0.3, -0.25) is 4.79 Å². The monoisotopic (exact) mass is 302 g/mol. The maximum absolute atomic E-state index is 11.8. The number of nitrogens with zero attached hydrogens (tertiary/aromatic N) is 3. The minimum Gasteiger partial charge on any atom is -0.481 e. The molecule has 2 N–H and O–H groups in total. The zero-order chi connectivity index (χ0) is 16.1. The molecule has 0 aliphatic rings. The maximum Gasteiger partial charge on any atom is 0.307 e. The van der Waals surface area contributed by atoms with Crippen molar-refractivity contribution in [2.45, 2.75) is 39.0 Å². The van der Waals surface area contributed by atoms with E-state index in [1.807, 2.05) is 51.1 Å². The first-order chi connectivity index (χ1) is 10.5. The van der Waals surface area contributed by atoms with E-state index in [0.29, 0.717) is 12.2 Å². The third-order valence-electron chi connectivity index (χ3n) is 4.00. The highest BCUT2D eigenvalue weighted by molar-refractivity contribution is 5.71. The van der Waals surface area contributed by atoms with Crippen LogP contribution in [0.3, 0.4) is 0 Å². The molecule has 0 saturated heterocycles. The number of tetrazole rings is 1. The molecule has 118 valence electrons. The Balaban J connectivity index is 2.40. The fraction of sp³-hybridized carbons (Fsp3) is 0.500. The van der Waals surface area contributed by atoms with Crippen molar-refractivity contribution < 1.29 is 9.90 Å². The molecule has 0 aliphatic carbocycles. The SMILES string of the molecule is CC(C)C[C@H](C(=O)O)[C@@H](c1nn[nH]n1)C(C)c1ccccc1. The predicted molar refractivity (Wildman–Crippen MR) is 82.4 cm³/mol. The molecule has 1 unspecified atom stereocenters. The molecule has 0 fully saturated rings. The molecule has 1 aromatic heterocycles. The smallest absolute Gasteiger partial charge is 0.307 e. The molecule has 1 aromatic carbocycles. The Morgan fingerprint density at radius 3 is 2.41 bits per heavy atom. The zero-order valence-corrected chi connectivity index (χ0v) is 13.1. The van der Waals surface area contributed by atoms with Crippen LogP contribution in [0.15, 0.2) is 30.3 Å². The molecular weight excluding hydrogens is 280 g/mol. The van der Waals surface area contributed by atoms with E-state index >= 15 is 0 Å². The lowest BCUT2D eigenvalue weighted by atomic mass is 9.75. The highest BCUT2D eigenvalue weighted by Crippen LogP contribution is 2.39. The molecule has 0 aliphatic heterocycles. The number of aromatic amines is 1. The highest BCUT2D eigenvalue weighted by Gasteiger charge is 2.37. The first-order valence-corrected chi connectivity index (χ1v) is 7.51. The largest absolute Gasteiger partial charge is 0.481 e. The number of nitrogens with one attached hydrogen (secondary N) is 1. The average molecular weight is 302 g/mol. The number of H-pyrrole nitrogens is 1. The summed E-state index contributed by atoms with van der Waals surface area (Å²) in [7, 11) is 0. The van der Waals surface area contributed by atoms with Gasteiger partial charge in [-0.05, 0) is 23.8 Å². The summed E-state index contributed by atoms with van der Waals surface area (Å²) < 4.78 is 0. The molecular formula is C16H22N4O2. The Kier molecular flexibility index (Phi) is 5.25. The normalized spacial score (nSPS) is 15.5. The summed E-state index contributed by atoms with van der Waals surface area (Å²) in [5, 5.41) is 23.9. The van der Waals surface area contributed by atoms with Gasteiger partial charge in [-0.15, -0.1) is 10.2 Å². The van der Waals surface area contributed by atoms with Gasteiger partial charge >= 0.3 is 5.97 Å². The topological polar surface area (TPSA) is 91.8 Å². The van der Waals surface area contributed by atoms with Crippen LogP contribution in [0, 0.1) is 11.8 Å². The molecule has 0 bridgehead atoms. The van der Waals surface area contributed by atoms with Gasteiger partial charge in [0.15, 0.2) is 5.82 Å². The summed E-state index contributed by atoms with van der Waals surface area (Å²) in [5.74, 6) is -0.957. The Bertz CT molecular complexity index is 583. The van der Waals surface area contributed by atoms with Crippen LogP contribution in [0.1, 0.15) is 50.4 Å². The van der Waals surface area contributed by atoms with Crippen molar-refractivity contribution >= 4 is 5.97 Å². The summed E-state index contributed by atoms with van der Waals surface area (Å²) in [5.41, 5.74) is 1.08. The van der Waals surface area contributed by atoms with E-state index in [4.69, 9.17) is 0 Å². The second-order valence-electron chi connectivity index (χ2n) is 6.07. The van der Waals surface area contributed by atoms with Crippen molar-refractivity contribution in [1.29, 1.82) is 0 Å². The number of benzene rings is 1. The quantitative estimate of drug-likeness (QED) is 0.820.